The second kappa shape index (κ2) is 4.51. The molecule has 0 saturated heterocycles. The minimum atomic E-state index is 1.10. The van der Waals surface area contributed by atoms with Crippen LogP contribution in [0.2, 0.25) is 0 Å². The van der Waals surface area contributed by atoms with Gasteiger partial charge in [-0.15, -0.1) is 0 Å². The molecule has 0 unspecified atom stereocenters. The Bertz CT molecular complexity index is 169. The molecule has 0 heterocycles. The van der Waals surface area contributed by atoms with Gasteiger partial charge in [-0.1, -0.05) is 46.3 Å². The first-order valence-corrected chi connectivity index (χ1v) is 4.31. The molecule has 0 fully saturated rings. The molecule has 0 N–H and O–H groups in total. The average Bonchev–Trinajstić information content (AvgIpc) is 2.03. The van der Waals surface area contributed by atoms with Crippen LogP contribution in [0.3, 0.4) is 0 Å². The van der Waals surface area contributed by atoms with Crippen molar-refractivity contribution in [2.75, 3.05) is 0 Å². The number of halogens is 1. The average molecular weight is 198 g/mol. The maximum Gasteiger partial charge on any atom is 0.0274 e. The Morgan fingerprint density at radius 2 is 1.90 bits per heavy atom. The fourth-order valence-corrected chi connectivity index (χ4v) is 1.09. The van der Waals surface area contributed by atoms with Gasteiger partial charge in [0.05, 0.1) is 0 Å². The Kier molecular flexibility index (Phi) is 3.52. The highest BCUT2D eigenvalue weighted by atomic mass is 79.9. The highest BCUT2D eigenvalue weighted by molar-refractivity contribution is 9.10. The molecule has 0 bridgehead atoms. The van der Waals surface area contributed by atoms with Crippen LogP contribution in [0.25, 0.3) is 0 Å². The summed E-state index contributed by atoms with van der Waals surface area (Å²) in [4.78, 5) is 0. The minimum Gasteiger partial charge on any atom is -0.0878 e. The molecular weight excluding hydrogens is 188 g/mol. The van der Waals surface area contributed by atoms with Gasteiger partial charge in [-0.2, -0.15) is 0 Å². The van der Waals surface area contributed by atoms with E-state index in [9.17, 15) is 0 Å². The van der Waals surface area contributed by atoms with Crippen molar-refractivity contribution in [1.29, 1.82) is 0 Å². The van der Waals surface area contributed by atoms with E-state index in [1.165, 1.54) is 5.56 Å². The van der Waals surface area contributed by atoms with E-state index in [0.29, 0.717) is 0 Å². The molecule has 0 aliphatic heterocycles. The summed E-state index contributed by atoms with van der Waals surface area (Å²) < 4.78 is 0. The zero-order chi connectivity index (χ0) is 7.23. The number of aryl methyl sites for hydroxylation is 1. The van der Waals surface area contributed by atoms with Crippen LogP contribution in [0.5, 0.6) is 0 Å². The molecule has 0 aliphatic rings. The summed E-state index contributed by atoms with van der Waals surface area (Å²) in [7, 11) is 0. The third-order valence-corrected chi connectivity index (χ3v) is 1.84. The van der Waals surface area contributed by atoms with Gasteiger partial charge in [0.2, 0.25) is 0 Å². The maximum absolute atomic E-state index is 3.28. The second-order valence-electron chi connectivity index (χ2n) is 2.18. The van der Waals surface area contributed by atoms with Gasteiger partial charge < -0.3 is 0 Å². The Hall–Kier alpha value is -0.300. The van der Waals surface area contributed by atoms with Crippen molar-refractivity contribution in [3.05, 3.63) is 41.2 Å². The first kappa shape index (κ1) is 7.80. The van der Waals surface area contributed by atoms with Gasteiger partial charge in [0.15, 0.2) is 0 Å². The van der Waals surface area contributed by atoms with Gasteiger partial charge in [-0.05, 0) is 18.4 Å². The minimum absolute atomic E-state index is 1.10. The number of hydrogen-bond acceptors (Lipinski definition) is 0. The van der Waals surface area contributed by atoms with Gasteiger partial charge >= 0.3 is 0 Å². The van der Waals surface area contributed by atoms with E-state index in [1.807, 2.05) is 11.4 Å². The summed E-state index contributed by atoms with van der Waals surface area (Å²) in [5.41, 5.74) is 1.40. The normalized spacial score (nSPS) is 9.70. The topological polar surface area (TPSA) is 0 Å². The molecule has 10 heavy (non-hydrogen) atoms. The molecule has 53 valence electrons. The third-order valence-electron chi connectivity index (χ3n) is 1.38. The molecule has 0 saturated carbocycles. The fourth-order valence-electron chi connectivity index (χ4n) is 0.866. The Morgan fingerprint density at radius 1 is 1.20 bits per heavy atom. The summed E-state index contributed by atoms with van der Waals surface area (Å²) in [6.45, 7) is 0. The third kappa shape index (κ3) is 2.53. The maximum atomic E-state index is 3.28. The van der Waals surface area contributed by atoms with E-state index in [2.05, 4.69) is 40.2 Å². The molecule has 0 atom stereocenters. The largest absolute Gasteiger partial charge is 0.0878 e. The fraction of sp³-hybridized carbons (Fsp3) is 0.222. The molecule has 1 aromatic carbocycles. The Morgan fingerprint density at radius 3 is 2.50 bits per heavy atom. The standard InChI is InChI=1S/C9H10Br/c10-8-4-7-9-5-2-1-3-6-9/h1-3,5-6,8H,4,7H2. The predicted molar refractivity (Wildman–Crippen MR) is 48.0 cm³/mol. The van der Waals surface area contributed by atoms with Crippen LogP contribution >= 0.6 is 15.9 Å². The molecule has 1 rings (SSSR count). The molecule has 1 heteroatoms. The lowest BCUT2D eigenvalue weighted by Gasteiger charge is -1.95. The highest BCUT2D eigenvalue weighted by Gasteiger charge is 1.88. The molecule has 1 radical (unpaired) electrons. The summed E-state index contributed by atoms with van der Waals surface area (Å²) in [6.07, 6.45) is 2.23. The first-order chi connectivity index (χ1) is 4.93. The molecule has 0 aliphatic carbocycles. The van der Waals surface area contributed by atoms with Crippen molar-refractivity contribution in [1.82, 2.24) is 0 Å². The lowest BCUT2D eigenvalue weighted by Crippen LogP contribution is -1.81. The summed E-state index contributed by atoms with van der Waals surface area (Å²) in [5.74, 6) is 0. The van der Waals surface area contributed by atoms with Crippen LogP contribution in [-0.4, -0.2) is 0 Å². The van der Waals surface area contributed by atoms with E-state index in [1.54, 1.807) is 0 Å². The number of rotatable bonds is 3. The summed E-state index contributed by atoms with van der Waals surface area (Å²) in [6, 6.07) is 10.5. The lowest BCUT2D eigenvalue weighted by molar-refractivity contribution is 0.990. The van der Waals surface area contributed by atoms with Gasteiger partial charge in [0, 0.05) is 5.33 Å². The van der Waals surface area contributed by atoms with Crippen LogP contribution < -0.4 is 0 Å². The van der Waals surface area contributed by atoms with Crippen LogP contribution in [-0.2, 0) is 6.42 Å². The Labute approximate surface area is 70.4 Å². The van der Waals surface area contributed by atoms with Crippen LogP contribution in [0, 0.1) is 5.33 Å². The van der Waals surface area contributed by atoms with Gasteiger partial charge in [0.1, 0.15) is 0 Å². The molecule has 0 aromatic heterocycles. The van der Waals surface area contributed by atoms with Crippen molar-refractivity contribution in [2.45, 2.75) is 12.8 Å². The molecule has 1 aromatic rings. The van der Waals surface area contributed by atoms with Crippen molar-refractivity contribution in [2.24, 2.45) is 0 Å². The zero-order valence-electron chi connectivity index (χ0n) is 5.76. The van der Waals surface area contributed by atoms with Crippen molar-refractivity contribution < 1.29 is 0 Å². The molecule has 0 nitrogen and oxygen atoms in total. The highest BCUT2D eigenvalue weighted by Crippen LogP contribution is 2.05. The van der Waals surface area contributed by atoms with Crippen LogP contribution in [0.1, 0.15) is 12.0 Å². The molecule has 0 amide bonds. The first-order valence-electron chi connectivity index (χ1n) is 3.39. The van der Waals surface area contributed by atoms with Crippen molar-refractivity contribution >= 4 is 15.9 Å². The zero-order valence-corrected chi connectivity index (χ0v) is 7.34. The number of benzene rings is 1. The van der Waals surface area contributed by atoms with Crippen LogP contribution in [0.4, 0.5) is 0 Å². The van der Waals surface area contributed by atoms with E-state index in [0.717, 1.165) is 12.8 Å². The van der Waals surface area contributed by atoms with E-state index in [-0.39, 0.29) is 0 Å². The van der Waals surface area contributed by atoms with Crippen molar-refractivity contribution in [3.63, 3.8) is 0 Å². The summed E-state index contributed by atoms with van der Waals surface area (Å²) >= 11 is 3.28. The van der Waals surface area contributed by atoms with E-state index >= 15 is 0 Å². The number of hydrogen-bond donors (Lipinski definition) is 0. The van der Waals surface area contributed by atoms with Gasteiger partial charge in [-0.3, -0.25) is 0 Å². The van der Waals surface area contributed by atoms with Crippen molar-refractivity contribution in [3.8, 4) is 0 Å². The monoisotopic (exact) mass is 197 g/mol. The smallest absolute Gasteiger partial charge is 0.0274 e. The second-order valence-corrected chi connectivity index (χ2v) is 2.83. The van der Waals surface area contributed by atoms with Crippen LogP contribution in [0.15, 0.2) is 30.3 Å². The van der Waals surface area contributed by atoms with Gasteiger partial charge in [0.25, 0.3) is 0 Å². The van der Waals surface area contributed by atoms with Gasteiger partial charge in [-0.25, -0.2) is 0 Å². The lowest BCUT2D eigenvalue weighted by atomic mass is 10.1. The molecular formula is C9H10Br. The molecule has 0 spiro atoms. The quantitative estimate of drug-likeness (QED) is 0.699. The predicted octanol–water partition coefficient (Wildman–Crippen LogP) is 3.18. The SMILES string of the molecule is Br[CH]CCc1ccccc1. The summed E-state index contributed by atoms with van der Waals surface area (Å²) in [5, 5.41) is 2.01. The van der Waals surface area contributed by atoms with E-state index in [4.69, 9.17) is 0 Å². The van der Waals surface area contributed by atoms with E-state index < -0.39 is 0 Å². The Balaban J connectivity index is 2.43.